The van der Waals surface area contributed by atoms with Crippen LogP contribution in [0.15, 0.2) is 22.8 Å². The molecular formula is C22H26O5. The average molecular weight is 370 g/mol. The summed E-state index contributed by atoms with van der Waals surface area (Å²) in [4.78, 5) is 11.9. The lowest BCUT2D eigenvalue weighted by Gasteiger charge is -2.40. The van der Waals surface area contributed by atoms with Gasteiger partial charge < -0.3 is 18.6 Å². The number of carbonyl (C=O) groups excluding carboxylic acids is 1. The van der Waals surface area contributed by atoms with Gasteiger partial charge in [-0.15, -0.1) is 0 Å². The number of carbonyl (C=O) groups is 1. The number of ether oxygens (including phenoxy) is 3. The minimum absolute atomic E-state index is 0.0438. The summed E-state index contributed by atoms with van der Waals surface area (Å²) in [5.41, 5.74) is 2.49. The normalized spacial score (nSPS) is 51.3. The van der Waals surface area contributed by atoms with Gasteiger partial charge in [0.05, 0.1) is 6.26 Å². The molecule has 0 radical (unpaired) electrons. The Morgan fingerprint density at radius 2 is 2.11 bits per heavy atom. The van der Waals surface area contributed by atoms with Crippen molar-refractivity contribution in [1.29, 1.82) is 0 Å². The zero-order valence-electron chi connectivity index (χ0n) is 16.3. The molecule has 6 rings (SSSR count). The zero-order chi connectivity index (χ0) is 18.9. The Morgan fingerprint density at radius 3 is 2.85 bits per heavy atom. The van der Waals surface area contributed by atoms with E-state index in [-0.39, 0.29) is 47.1 Å². The minimum Gasteiger partial charge on any atom is -0.469 e. The van der Waals surface area contributed by atoms with Crippen molar-refractivity contribution in [2.24, 2.45) is 11.8 Å². The van der Waals surface area contributed by atoms with Gasteiger partial charge in [-0.3, -0.25) is 4.79 Å². The third kappa shape index (κ3) is 1.60. The average Bonchev–Trinajstić information content (AvgIpc) is 3.41. The van der Waals surface area contributed by atoms with Crippen molar-refractivity contribution in [2.75, 3.05) is 0 Å². The van der Waals surface area contributed by atoms with E-state index in [1.54, 1.807) is 0 Å². The molecule has 27 heavy (non-hydrogen) atoms. The maximum Gasteiger partial charge on any atom is 0.303 e. The predicted molar refractivity (Wildman–Crippen MR) is 96.3 cm³/mol. The van der Waals surface area contributed by atoms with Crippen molar-refractivity contribution >= 4 is 5.97 Å². The summed E-state index contributed by atoms with van der Waals surface area (Å²) in [5.74, 6) is 1.26. The molecule has 3 heterocycles. The van der Waals surface area contributed by atoms with Gasteiger partial charge in [0.1, 0.15) is 34.8 Å². The fraction of sp³-hybridized carbons (Fsp3) is 0.682. The highest BCUT2D eigenvalue weighted by Gasteiger charge is 2.95. The van der Waals surface area contributed by atoms with Crippen molar-refractivity contribution in [3.05, 3.63) is 35.3 Å². The van der Waals surface area contributed by atoms with Crippen molar-refractivity contribution < 1.29 is 23.4 Å². The molecule has 8 atom stereocenters. The number of furan rings is 1. The third-order valence-corrected chi connectivity index (χ3v) is 8.03. The van der Waals surface area contributed by atoms with E-state index in [0.717, 1.165) is 25.0 Å². The molecule has 2 saturated carbocycles. The van der Waals surface area contributed by atoms with Gasteiger partial charge in [0.15, 0.2) is 0 Å². The van der Waals surface area contributed by atoms with Gasteiger partial charge in [-0.2, -0.15) is 0 Å². The van der Waals surface area contributed by atoms with Crippen molar-refractivity contribution in [2.45, 2.75) is 81.9 Å². The topological polar surface area (TPSA) is 64.5 Å². The Labute approximate surface area is 159 Å². The molecule has 0 N–H and O–H groups in total. The first-order chi connectivity index (χ1) is 12.8. The summed E-state index contributed by atoms with van der Waals surface area (Å²) < 4.78 is 24.9. The lowest BCUT2D eigenvalue weighted by Crippen LogP contribution is -2.53. The Balaban J connectivity index is 1.57. The molecule has 5 heteroatoms. The molecule has 0 spiro atoms. The molecule has 1 aromatic heterocycles. The maximum atomic E-state index is 11.9. The second-order valence-electron chi connectivity index (χ2n) is 9.55. The van der Waals surface area contributed by atoms with E-state index in [1.165, 1.54) is 23.6 Å². The molecule has 0 bridgehead atoms. The predicted octanol–water partition coefficient (Wildman–Crippen LogP) is 3.44. The number of esters is 1. The van der Waals surface area contributed by atoms with Crippen molar-refractivity contribution in [1.82, 2.24) is 0 Å². The quantitative estimate of drug-likeness (QED) is 0.430. The summed E-state index contributed by atoms with van der Waals surface area (Å²) >= 11 is 0. The zero-order valence-corrected chi connectivity index (χ0v) is 16.3. The Bertz CT molecular complexity index is 901. The number of hydrogen-bond donors (Lipinski definition) is 0. The van der Waals surface area contributed by atoms with E-state index in [1.807, 2.05) is 6.26 Å². The number of aryl methyl sites for hydroxylation is 2. The molecule has 0 amide bonds. The molecule has 4 fully saturated rings. The van der Waals surface area contributed by atoms with Gasteiger partial charge in [0.25, 0.3) is 0 Å². The third-order valence-electron chi connectivity index (χ3n) is 8.03. The number of epoxide rings is 2. The summed E-state index contributed by atoms with van der Waals surface area (Å²) in [6, 6.07) is 0. The van der Waals surface area contributed by atoms with Crippen LogP contribution < -0.4 is 0 Å². The molecule has 0 aromatic carbocycles. The van der Waals surface area contributed by atoms with E-state index in [2.05, 4.69) is 27.4 Å². The van der Waals surface area contributed by atoms with E-state index in [9.17, 15) is 4.79 Å². The smallest absolute Gasteiger partial charge is 0.303 e. The van der Waals surface area contributed by atoms with Crippen LogP contribution in [0.1, 0.15) is 56.4 Å². The summed E-state index contributed by atoms with van der Waals surface area (Å²) in [5, 5.41) is 0. The van der Waals surface area contributed by atoms with Crippen molar-refractivity contribution in [3.63, 3.8) is 0 Å². The van der Waals surface area contributed by atoms with Crippen LogP contribution in [0.4, 0.5) is 0 Å². The van der Waals surface area contributed by atoms with Crippen LogP contribution >= 0.6 is 0 Å². The first kappa shape index (κ1) is 16.4. The summed E-state index contributed by atoms with van der Waals surface area (Å²) in [6.45, 7) is 12.5. The molecule has 0 unspecified atom stereocenters. The second-order valence-corrected chi connectivity index (χ2v) is 9.55. The van der Waals surface area contributed by atoms with Crippen LogP contribution in [0.25, 0.3) is 0 Å². The molecule has 5 nitrogen and oxygen atoms in total. The highest BCUT2D eigenvalue weighted by atomic mass is 16.7. The summed E-state index contributed by atoms with van der Waals surface area (Å²) in [7, 11) is 0. The second kappa shape index (κ2) is 4.52. The highest BCUT2D eigenvalue weighted by Crippen LogP contribution is 2.81. The minimum atomic E-state index is -0.508. The van der Waals surface area contributed by atoms with Gasteiger partial charge in [0, 0.05) is 30.7 Å². The van der Waals surface area contributed by atoms with Gasteiger partial charge in [-0.25, -0.2) is 0 Å². The Hall–Kier alpha value is -1.59. The summed E-state index contributed by atoms with van der Waals surface area (Å²) in [6.07, 6.45) is 4.25. The molecule has 5 aliphatic rings. The van der Waals surface area contributed by atoms with Crippen LogP contribution in [0.5, 0.6) is 0 Å². The fourth-order valence-corrected chi connectivity index (χ4v) is 7.17. The van der Waals surface area contributed by atoms with Gasteiger partial charge in [-0.1, -0.05) is 19.1 Å². The lowest BCUT2D eigenvalue weighted by molar-refractivity contribution is -0.154. The monoisotopic (exact) mass is 370 g/mol. The maximum absolute atomic E-state index is 11.9. The molecule has 2 aliphatic heterocycles. The van der Waals surface area contributed by atoms with Crippen LogP contribution in [-0.4, -0.2) is 35.0 Å². The fourth-order valence-electron chi connectivity index (χ4n) is 7.17. The van der Waals surface area contributed by atoms with Crippen molar-refractivity contribution in [3.8, 4) is 0 Å². The van der Waals surface area contributed by atoms with Crippen LogP contribution in [0, 0.1) is 18.8 Å². The first-order valence-corrected chi connectivity index (χ1v) is 10.1. The van der Waals surface area contributed by atoms with E-state index in [0.29, 0.717) is 0 Å². The molecular weight excluding hydrogens is 344 g/mol. The van der Waals surface area contributed by atoms with Gasteiger partial charge in [0.2, 0.25) is 0 Å². The standard InChI is InChI=1S/C22H26O5/c1-10-6-7-14-15(12(3)9-24-14)17-16(10)22-18(25-13(4)23)11(2)8-21(22,27-22)19-20(17,5)26-19/h9,11,16-19H,1,6-8H2,2-5H3/t11-,16+,17-,18-,19-,20+,21+,22+/m1/s1. The number of fused-ring (bicyclic) bond motifs is 5. The molecule has 3 aliphatic carbocycles. The van der Waals surface area contributed by atoms with Crippen LogP contribution in [0.2, 0.25) is 0 Å². The van der Waals surface area contributed by atoms with Gasteiger partial charge >= 0.3 is 5.97 Å². The number of rotatable bonds is 1. The highest BCUT2D eigenvalue weighted by molar-refractivity contribution is 5.67. The Morgan fingerprint density at radius 1 is 1.33 bits per heavy atom. The number of hydrogen-bond acceptors (Lipinski definition) is 5. The van der Waals surface area contributed by atoms with Crippen LogP contribution in [0.3, 0.4) is 0 Å². The first-order valence-electron chi connectivity index (χ1n) is 10.1. The van der Waals surface area contributed by atoms with E-state index >= 15 is 0 Å². The Kier molecular flexibility index (Phi) is 2.74. The largest absolute Gasteiger partial charge is 0.469 e. The molecule has 1 aromatic rings. The van der Waals surface area contributed by atoms with E-state index in [4.69, 9.17) is 18.6 Å². The van der Waals surface area contributed by atoms with Gasteiger partial charge in [-0.05, 0) is 38.2 Å². The lowest BCUT2D eigenvalue weighted by atomic mass is 9.59. The van der Waals surface area contributed by atoms with Crippen LogP contribution in [-0.2, 0) is 25.4 Å². The molecule has 2 saturated heterocycles. The SMILES string of the molecule is C=C1CCc2occ(C)c2[C@@H]2[C@H]1[C@@]13O[C@@]1(C[C@@H](C)[C@H]3OC(C)=O)[C@@H]1O[C@@]21C. The van der Waals surface area contributed by atoms with E-state index < -0.39 is 5.60 Å². The molecule has 144 valence electrons.